The first-order valence-electron chi connectivity index (χ1n) is 10.4. The summed E-state index contributed by atoms with van der Waals surface area (Å²) in [5.41, 5.74) is 0.994. The molecule has 148 valence electrons. The number of amides is 1. The summed E-state index contributed by atoms with van der Waals surface area (Å²) in [4.78, 5) is 14.5. The molecule has 0 N–H and O–H groups in total. The van der Waals surface area contributed by atoms with Crippen LogP contribution in [0.15, 0.2) is 40.0 Å². The van der Waals surface area contributed by atoms with Gasteiger partial charge in [0.15, 0.2) is 0 Å². The molecule has 1 aromatic heterocycles. The van der Waals surface area contributed by atoms with Crippen LogP contribution in [0.25, 0.3) is 0 Å². The second-order valence-electron chi connectivity index (χ2n) is 9.06. The minimum Gasteiger partial charge on any atom is -0.415 e. The van der Waals surface area contributed by atoms with Crippen LogP contribution in [0, 0.1) is 17.8 Å². The average molecular weight is 398 g/mol. The number of anilines is 1. The quantitative estimate of drug-likeness (QED) is 0.686. The molecule has 2 aromatic rings. The Labute approximate surface area is 170 Å². The topological polar surface area (TPSA) is 59.2 Å². The Morgan fingerprint density at radius 3 is 2.32 bits per heavy atom. The molecule has 4 fully saturated rings. The van der Waals surface area contributed by atoms with Gasteiger partial charge in [0.2, 0.25) is 11.8 Å². The van der Waals surface area contributed by atoms with E-state index in [1.807, 2.05) is 44.3 Å². The van der Waals surface area contributed by atoms with Crippen LogP contribution in [-0.2, 0) is 10.2 Å². The van der Waals surface area contributed by atoms with Crippen LogP contribution in [-0.4, -0.2) is 28.4 Å². The van der Waals surface area contributed by atoms with E-state index < -0.39 is 0 Å². The summed E-state index contributed by atoms with van der Waals surface area (Å²) < 4.78 is 6.14. The number of thioether (sulfide) groups is 1. The highest BCUT2D eigenvalue weighted by atomic mass is 32.2. The van der Waals surface area contributed by atoms with Crippen molar-refractivity contribution in [2.24, 2.45) is 17.8 Å². The lowest BCUT2D eigenvalue weighted by Crippen LogP contribution is -2.48. The van der Waals surface area contributed by atoms with Gasteiger partial charge >= 0.3 is 0 Å². The number of hydrogen-bond donors (Lipinski definition) is 0. The molecule has 4 aliphatic carbocycles. The van der Waals surface area contributed by atoms with Gasteiger partial charge in [-0.2, -0.15) is 0 Å². The monoisotopic (exact) mass is 397 g/mol. The summed E-state index contributed by atoms with van der Waals surface area (Å²) in [5, 5.41) is 9.00. The fraction of sp³-hybridized carbons (Fsp3) is 0.591. The Morgan fingerprint density at radius 1 is 1.11 bits per heavy atom. The van der Waals surface area contributed by atoms with Crippen LogP contribution in [0.2, 0.25) is 0 Å². The second-order valence-corrected chi connectivity index (χ2v) is 10.4. The van der Waals surface area contributed by atoms with Gasteiger partial charge < -0.3 is 9.32 Å². The third-order valence-electron chi connectivity index (χ3n) is 7.00. The van der Waals surface area contributed by atoms with E-state index in [1.165, 1.54) is 50.3 Å². The average Bonchev–Trinajstić information content (AvgIpc) is 3.16. The smallest absolute Gasteiger partial charge is 0.277 e. The van der Waals surface area contributed by atoms with Crippen molar-refractivity contribution in [2.45, 2.75) is 61.3 Å². The molecule has 0 radical (unpaired) electrons. The lowest BCUT2D eigenvalue weighted by Gasteiger charge is -2.55. The van der Waals surface area contributed by atoms with Crippen molar-refractivity contribution in [3.8, 4) is 0 Å². The Bertz CT molecular complexity index is 830. The van der Waals surface area contributed by atoms with Gasteiger partial charge in [-0.25, -0.2) is 0 Å². The summed E-state index contributed by atoms with van der Waals surface area (Å²) in [6, 6.07) is 9.70. The minimum absolute atomic E-state index is 0.0331. The van der Waals surface area contributed by atoms with Gasteiger partial charge in [0.25, 0.3) is 5.22 Å². The van der Waals surface area contributed by atoms with Gasteiger partial charge in [-0.3, -0.25) is 4.79 Å². The molecule has 6 rings (SSSR count). The van der Waals surface area contributed by atoms with E-state index in [4.69, 9.17) is 4.42 Å². The van der Waals surface area contributed by atoms with Crippen molar-refractivity contribution in [2.75, 3.05) is 11.9 Å². The van der Waals surface area contributed by atoms with Gasteiger partial charge in [0.1, 0.15) is 0 Å². The Hall–Kier alpha value is -1.82. The fourth-order valence-electron chi connectivity index (χ4n) is 6.10. The molecule has 1 atom stereocenters. The van der Waals surface area contributed by atoms with E-state index >= 15 is 0 Å². The van der Waals surface area contributed by atoms with E-state index in [-0.39, 0.29) is 16.6 Å². The zero-order valence-electron chi connectivity index (χ0n) is 16.5. The Balaban J connectivity index is 1.28. The highest BCUT2D eigenvalue weighted by molar-refractivity contribution is 8.00. The number of carbonyl (C=O) groups excluding carboxylic acids is 1. The molecule has 4 bridgehead atoms. The van der Waals surface area contributed by atoms with Crippen molar-refractivity contribution < 1.29 is 9.21 Å². The maximum Gasteiger partial charge on any atom is 0.277 e. The number of nitrogens with zero attached hydrogens (tertiary/aromatic N) is 3. The summed E-state index contributed by atoms with van der Waals surface area (Å²) in [5.74, 6) is 3.38. The van der Waals surface area contributed by atoms with Crippen LogP contribution in [0.1, 0.15) is 51.3 Å². The van der Waals surface area contributed by atoms with E-state index in [9.17, 15) is 4.79 Å². The molecule has 0 saturated heterocycles. The molecule has 4 aliphatic rings. The highest BCUT2D eigenvalue weighted by Gasteiger charge is 2.54. The number of para-hydroxylation sites is 1. The summed E-state index contributed by atoms with van der Waals surface area (Å²) >= 11 is 1.37. The minimum atomic E-state index is -0.283. The molecule has 0 aliphatic heterocycles. The van der Waals surface area contributed by atoms with Crippen LogP contribution in [0.3, 0.4) is 0 Å². The van der Waals surface area contributed by atoms with Crippen LogP contribution in [0.5, 0.6) is 0 Å². The zero-order chi connectivity index (χ0) is 19.3. The van der Waals surface area contributed by atoms with E-state index in [2.05, 4.69) is 10.2 Å². The number of hydrogen-bond acceptors (Lipinski definition) is 5. The first-order valence-corrected chi connectivity index (χ1v) is 11.2. The molecular weight excluding hydrogens is 370 g/mol. The van der Waals surface area contributed by atoms with Gasteiger partial charge in [-0.15, -0.1) is 10.2 Å². The van der Waals surface area contributed by atoms with Gasteiger partial charge in [-0.05, 0) is 75.3 Å². The van der Waals surface area contributed by atoms with Gasteiger partial charge in [0, 0.05) is 18.2 Å². The lowest BCUT2D eigenvalue weighted by molar-refractivity contribution is -0.117. The largest absolute Gasteiger partial charge is 0.415 e. The molecule has 0 unspecified atom stereocenters. The van der Waals surface area contributed by atoms with E-state index in [1.54, 1.807) is 4.90 Å². The van der Waals surface area contributed by atoms with Crippen LogP contribution < -0.4 is 4.90 Å². The molecule has 0 spiro atoms. The molecule has 5 nitrogen and oxygen atoms in total. The van der Waals surface area contributed by atoms with Crippen LogP contribution >= 0.6 is 11.8 Å². The standard InChI is InChI=1S/C22H27N3O2S/c1-14(19(26)25(2)18-6-4-3-5-7-18)28-21-24-23-20(27-21)22-11-15-8-16(12-22)10-17(9-15)13-22/h3-7,14-17H,8-13H2,1-2H3/t14-,15?,16?,17?,22?/m0/s1. The zero-order valence-corrected chi connectivity index (χ0v) is 17.3. The first-order chi connectivity index (χ1) is 13.5. The number of carbonyl (C=O) groups is 1. The summed E-state index contributed by atoms with van der Waals surface area (Å²) in [7, 11) is 1.81. The summed E-state index contributed by atoms with van der Waals surface area (Å²) in [6.45, 7) is 1.90. The predicted octanol–water partition coefficient (Wildman–Crippen LogP) is 4.68. The fourth-order valence-corrected chi connectivity index (χ4v) is 6.87. The molecular formula is C22H27N3O2S. The predicted molar refractivity (Wildman–Crippen MR) is 109 cm³/mol. The normalized spacial score (nSPS) is 31.7. The highest BCUT2D eigenvalue weighted by Crippen LogP contribution is 2.60. The third-order valence-corrected chi connectivity index (χ3v) is 7.92. The lowest BCUT2D eigenvalue weighted by atomic mass is 9.49. The summed E-state index contributed by atoms with van der Waals surface area (Å²) in [6.07, 6.45) is 7.80. The Morgan fingerprint density at radius 2 is 1.71 bits per heavy atom. The molecule has 28 heavy (non-hydrogen) atoms. The molecule has 1 heterocycles. The first kappa shape index (κ1) is 18.2. The third kappa shape index (κ3) is 3.15. The van der Waals surface area contributed by atoms with E-state index in [0.29, 0.717) is 5.22 Å². The van der Waals surface area contributed by atoms with Gasteiger partial charge in [0.05, 0.1) is 5.25 Å². The molecule has 1 amide bonds. The van der Waals surface area contributed by atoms with E-state index in [0.717, 1.165) is 29.3 Å². The van der Waals surface area contributed by atoms with Crippen molar-refractivity contribution in [3.63, 3.8) is 0 Å². The van der Waals surface area contributed by atoms with Crippen molar-refractivity contribution in [1.82, 2.24) is 10.2 Å². The maximum atomic E-state index is 12.8. The maximum absolute atomic E-state index is 12.8. The SMILES string of the molecule is C[C@H](Sc1nnc(C23CC4CC(CC(C4)C2)C3)o1)C(=O)N(C)c1ccccc1. The molecule has 6 heteroatoms. The molecule has 1 aromatic carbocycles. The van der Waals surface area contributed by atoms with Crippen molar-refractivity contribution in [1.29, 1.82) is 0 Å². The number of aromatic nitrogens is 2. The van der Waals surface area contributed by atoms with Crippen molar-refractivity contribution >= 4 is 23.4 Å². The van der Waals surface area contributed by atoms with Crippen molar-refractivity contribution in [3.05, 3.63) is 36.2 Å². The second kappa shape index (κ2) is 6.90. The Kier molecular flexibility index (Phi) is 4.49. The molecule has 4 saturated carbocycles. The number of benzene rings is 1. The van der Waals surface area contributed by atoms with Crippen LogP contribution in [0.4, 0.5) is 5.69 Å². The number of rotatable bonds is 5. The van der Waals surface area contributed by atoms with Gasteiger partial charge in [-0.1, -0.05) is 30.0 Å².